The van der Waals surface area contributed by atoms with Crippen molar-refractivity contribution < 1.29 is 24.2 Å². The summed E-state index contributed by atoms with van der Waals surface area (Å²) in [5, 5.41) is 15.1. The van der Waals surface area contributed by atoms with Gasteiger partial charge in [0.2, 0.25) is 0 Å². The number of phenolic OH excluding ortho intramolecular Hbond substituents is 1. The van der Waals surface area contributed by atoms with Crippen LogP contribution in [0.1, 0.15) is 52.9 Å². The largest absolute Gasteiger partial charge is 0.508 e. The number of carbonyl (C=O) groups is 1. The van der Waals surface area contributed by atoms with Crippen LogP contribution in [-0.2, 0) is 27.5 Å². The molecule has 0 atom stereocenters. The minimum Gasteiger partial charge on any atom is -0.508 e. The molecule has 0 saturated heterocycles. The molecule has 0 aliphatic carbocycles. The van der Waals surface area contributed by atoms with E-state index in [0.717, 1.165) is 16.7 Å². The van der Waals surface area contributed by atoms with Crippen LogP contribution in [0.5, 0.6) is 5.75 Å². The number of anilines is 2. The molecule has 0 saturated carbocycles. The topological polar surface area (TPSA) is 159 Å². The lowest BCUT2D eigenvalue weighted by atomic mass is 10.1. The quantitative estimate of drug-likeness (QED) is 0.0775. The molecule has 0 fully saturated rings. The fraction of sp³-hybridized carbons (Fsp3) is 0.459. The van der Waals surface area contributed by atoms with Crippen LogP contribution in [0.25, 0.3) is 27.8 Å². The Labute approximate surface area is 304 Å². The number of fused-ring (bicyclic) bond motifs is 2. The minimum absolute atomic E-state index is 0.0290. The first-order valence-corrected chi connectivity index (χ1v) is 21.1. The van der Waals surface area contributed by atoms with E-state index in [1.807, 2.05) is 45.9 Å². The molecule has 3 heterocycles. The maximum Gasteiger partial charge on any atom is 0.442 e. The fourth-order valence-electron chi connectivity index (χ4n) is 5.32. The highest BCUT2D eigenvalue weighted by Crippen LogP contribution is 2.27. The number of phenols is 1. The van der Waals surface area contributed by atoms with Crippen molar-refractivity contribution in [1.29, 1.82) is 0 Å². The number of rotatable bonds is 12. The highest BCUT2D eigenvalue weighted by atomic mass is 28.3. The highest BCUT2D eigenvalue weighted by Gasteiger charge is 2.32. The second-order valence-corrected chi connectivity index (χ2v) is 21.5. The Morgan fingerprint density at radius 1 is 1.00 bits per heavy atom. The SMILES string of the molecule is Cc1cccc2nc(CCNc3nc(N(OC(C)(C)C)C(=O)OC(C)(C)C)nc4c3ncn4COCC[Si](C)(C)C)n(-c3cccc(O)c3)c(=O)c12. The molecule has 0 aliphatic heterocycles. The number of aryl methyl sites for hydroxylation is 1. The number of nitrogens with zero attached hydrogens (tertiary/aromatic N) is 7. The summed E-state index contributed by atoms with van der Waals surface area (Å²) in [6.45, 7) is 20.5. The number of carbonyl (C=O) groups excluding carboxylic acids is 1. The molecule has 15 heteroatoms. The zero-order chi connectivity index (χ0) is 38.0. The predicted octanol–water partition coefficient (Wildman–Crippen LogP) is 6.98. The average Bonchev–Trinajstić information content (AvgIpc) is 3.43. The van der Waals surface area contributed by atoms with Gasteiger partial charge in [0.15, 0.2) is 17.0 Å². The van der Waals surface area contributed by atoms with Gasteiger partial charge in [-0.05, 0) is 78.3 Å². The van der Waals surface area contributed by atoms with Crippen LogP contribution in [0.15, 0.2) is 53.6 Å². The molecule has 3 aromatic heterocycles. The third-order valence-electron chi connectivity index (χ3n) is 7.69. The summed E-state index contributed by atoms with van der Waals surface area (Å²) in [6.07, 6.45) is 1.12. The molecule has 5 aromatic rings. The van der Waals surface area contributed by atoms with E-state index in [9.17, 15) is 14.7 Å². The van der Waals surface area contributed by atoms with Gasteiger partial charge in [-0.25, -0.2) is 14.8 Å². The van der Waals surface area contributed by atoms with E-state index in [4.69, 9.17) is 29.3 Å². The molecule has 5 rings (SSSR count). The number of nitrogens with one attached hydrogen (secondary N) is 1. The fourth-order valence-corrected chi connectivity index (χ4v) is 6.08. The van der Waals surface area contributed by atoms with Gasteiger partial charge in [-0.1, -0.05) is 37.8 Å². The Bertz CT molecular complexity index is 2130. The van der Waals surface area contributed by atoms with Crippen molar-refractivity contribution in [3.05, 3.63) is 70.5 Å². The number of hydrogen-bond donors (Lipinski definition) is 2. The summed E-state index contributed by atoms with van der Waals surface area (Å²) in [7, 11) is -1.31. The Morgan fingerprint density at radius 3 is 2.40 bits per heavy atom. The van der Waals surface area contributed by atoms with Crippen LogP contribution in [-0.4, -0.2) is 72.7 Å². The van der Waals surface area contributed by atoms with Crippen LogP contribution in [0, 0.1) is 6.92 Å². The molecule has 14 nitrogen and oxygen atoms in total. The molecule has 0 bridgehead atoms. The lowest BCUT2D eigenvalue weighted by Crippen LogP contribution is -2.42. The van der Waals surface area contributed by atoms with E-state index in [-0.39, 0.29) is 37.0 Å². The number of ether oxygens (including phenoxy) is 2. The Hall–Kier alpha value is -4.86. The zero-order valence-corrected chi connectivity index (χ0v) is 32.8. The monoisotopic (exact) mass is 730 g/mol. The lowest BCUT2D eigenvalue weighted by molar-refractivity contribution is -0.0372. The van der Waals surface area contributed by atoms with E-state index in [1.54, 1.807) is 49.9 Å². The van der Waals surface area contributed by atoms with Crippen molar-refractivity contribution in [2.75, 3.05) is 23.5 Å². The van der Waals surface area contributed by atoms with Crippen molar-refractivity contribution in [2.24, 2.45) is 0 Å². The second kappa shape index (κ2) is 15.0. The molecular formula is C37H50N8O6Si. The summed E-state index contributed by atoms with van der Waals surface area (Å²) < 4.78 is 15.0. The first-order valence-electron chi connectivity index (χ1n) is 17.4. The normalized spacial score (nSPS) is 12.4. The van der Waals surface area contributed by atoms with Crippen molar-refractivity contribution in [3.8, 4) is 11.4 Å². The average molecular weight is 731 g/mol. The smallest absolute Gasteiger partial charge is 0.442 e. The lowest BCUT2D eigenvalue weighted by Gasteiger charge is -2.30. The van der Waals surface area contributed by atoms with Gasteiger partial charge in [0.25, 0.3) is 11.5 Å². The molecular weight excluding hydrogens is 681 g/mol. The van der Waals surface area contributed by atoms with E-state index in [2.05, 4.69) is 29.9 Å². The number of imidazole rings is 1. The van der Waals surface area contributed by atoms with Gasteiger partial charge in [-0.15, -0.1) is 5.06 Å². The van der Waals surface area contributed by atoms with Crippen molar-refractivity contribution in [3.63, 3.8) is 0 Å². The van der Waals surface area contributed by atoms with E-state index in [0.29, 0.717) is 46.0 Å². The van der Waals surface area contributed by atoms with Crippen LogP contribution in [0.4, 0.5) is 16.6 Å². The molecule has 52 heavy (non-hydrogen) atoms. The Balaban J connectivity index is 1.55. The van der Waals surface area contributed by atoms with Crippen molar-refractivity contribution >= 4 is 48.0 Å². The molecule has 2 N–H and O–H groups in total. The second-order valence-electron chi connectivity index (χ2n) is 15.9. The Kier molecular flexibility index (Phi) is 11.1. The maximum absolute atomic E-state index is 14.0. The van der Waals surface area contributed by atoms with Gasteiger partial charge in [0.1, 0.15) is 23.9 Å². The number of benzene rings is 2. The summed E-state index contributed by atoms with van der Waals surface area (Å²) in [5.41, 5.74) is 0.871. The van der Waals surface area contributed by atoms with Crippen molar-refractivity contribution in [1.82, 2.24) is 29.1 Å². The van der Waals surface area contributed by atoms with E-state index < -0.39 is 25.4 Å². The summed E-state index contributed by atoms with van der Waals surface area (Å²) in [5.74, 6) is 0.773. The number of aromatic hydroxyl groups is 1. The molecule has 278 valence electrons. The van der Waals surface area contributed by atoms with Crippen LogP contribution < -0.4 is 15.9 Å². The standard InChI is InChI=1S/C37H50N8O6Si/c1-24-13-11-16-27-29(24)33(47)44(25-14-12-15-26(46)21-25)28(40-27)17-18-38-31-30-32(43(22-39-30)23-49-19-20-52(8,9)10)42-34(41-31)45(51-37(5,6)7)35(48)50-36(2,3)4/h11-16,21-22,46H,17-20,23H2,1-10H3,(H,38,41,42). The van der Waals surface area contributed by atoms with Gasteiger partial charge in [-0.2, -0.15) is 9.97 Å². The number of hydrogen-bond acceptors (Lipinski definition) is 11. The molecule has 0 aliphatic rings. The summed E-state index contributed by atoms with van der Waals surface area (Å²) in [6, 6.07) is 13.1. The molecule has 0 spiro atoms. The van der Waals surface area contributed by atoms with Crippen LogP contribution in [0.3, 0.4) is 0 Å². The van der Waals surface area contributed by atoms with Gasteiger partial charge < -0.3 is 19.9 Å². The molecule has 1 amide bonds. The number of amides is 1. The first-order chi connectivity index (χ1) is 24.3. The van der Waals surface area contributed by atoms with Crippen molar-refractivity contribution in [2.45, 2.75) is 98.5 Å². The zero-order valence-electron chi connectivity index (χ0n) is 31.8. The molecule has 2 aromatic carbocycles. The summed E-state index contributed by atoms with van der Waals surface area (Å²) in [4.78, 5) is 52.6. The Morgan fingerprint density at radius 2 is 1.73 bits per heavy atom. The van der Waals surface area contributed by atoms with E-state index in [1.165, 1.54) is 10.6 Å². The van der Waals surface area contributed by atoms with Gasteiger partial charge in [0.05, 0.1) is 28.5 Å². The maximum atomic E-state index is 14.0. The third-order valence-corrected chi connectivity index (χ3v) is 9.39. The van der Waals surface area contributed by atoms with E-state index >= 15 is 0 Å². The number of aromatic nitrogens is 6. The predicted molar refractivity (Wildman–Crippen MR) is 205 cm³/mol. The van der Waals surface area contributed by atoms with Crippen LogP contribution >= 0.6 is 0 Å². The first kappa shape index (κ1) is 38.4. The highest BCUT2D eigenvalue weighted by molar-refractivity contribution is 6.76. The molecule has 0 radical (unpaired) electrons. The van der Waals surface area contributed by atoms with Gasteiger partial charge in [0, 0.05) is 33.7 Å². The molecule has 0 unspecified atom stereocenters. The van der Waals surface area contributed by atoms with Crippen LogP contribution in [0.2, 0.25) is 25.7 Å². The summed E-state index contributed by atoms with van der Waals surface area (Å²) >= 11 is 0. The van der Waals surface area contributed by atoms with Gasteiger partial charge >= 0.3 is 6.09 Å². The third kappa shape index (κ3) is 9.51. The number of hydroxylamine groups is 1. The minimum atomic E-state index is -1.31. The van der Waals surface area contributed by atoms with Gasteiger partial charge in [-0.3, -0.25) is 18.8 Å².